The first-order valence-corrected chi connectivity index (χ1v) is 14.1. The maximum absolute atomic E-state index is 13.7. The summed E-state index contributed by atoms with van der Waals surface area (Å²) in [4.78, 5) is 17.0. The largest absolute Gasteiger partial charge is 0.467 e. The topological polar surface area (TPSA) is 89.6 Å². The number of alkyl halides is 4. The third-order valence-electron chi connectivity index (χ3n) is 8.11. The summed E-state index contributed by atoms with van der Waals surface area (Å²) in [7, 11) is 1.46. The molecule has 0 amide bonds. The molecule has 0 saturated carbocycles. The molecule has 4 aliphatic heterocycles. The SMILES string of the molecule is COc1nc2c(c(N3CCCC(C)C3)n1)COC(c1cc(N)nc(Cl)c1C(F)(F)F)C2.FC1CC2CCCN2C1. The van der Waals surface area contributed by atoms with Gasteiger partial charge in [0.05, 0.1) is 31.1 Å². The van der Waals surface area contributed by atoms with Crippen molar-refractivity contribution in [2.75, 3.05) is 43.9 Å². The molecule has 40 heavy (non-hydrogen) atoms. The minimum absolute atomic E-state index is 0.0708. The molecule has 0 bridgehead atoms. The molecular formula is C27H35ClF4N6O2. The molecule has 6 heterocycles. The first kappa shape index (κ1) is 29.1. The van der Waals surface area contributed by atoms with Crippen LogP contribution >= 0.6 is 11.6 Å². The summed E-state index contributed by atoms with van der Waals surface area (Å²) in [6.45, 7) is 5.79. The summed E-state index contributed by atoms with van der Waals surface area (Å²) in [5.74, 6) is 1.12. The first-order valence-electron chi connectivity index (χ1n) is 13.7. The average Bonchev–Trinajstić information content (AvgIpc) is 3.47. The molecular weight excluding hydrogens is 552 g/mol. The molecule has 4 unspecified atom stereocenters. The van der Waals surface area contributed by atoms with E-state index in [1.54, 1.807) is 0 Å². The molecule has 220 valence electrons. The van der Waals surface area contributed by atoms with Crippen LogP contribution in [0.1, 0.15) is 67.5 Å². The lowest BCUT2D eigenvalue weighted by Crippen LogP contribution is -2.36. The van der Waals surface area contributed by atoms with E-state index in [1.165, 1.54) is 20.0 Å². The van der Waals surface area contributed by atoms with Crippen LogP contribution in [0.25, 0.3) is 0 Å². The predicted octanol–water partition coefficient (Wildman–Crippen LogP) is 5.38. The number of halogens is 5. The highest BCUT2D eigenvalue weighted by molar-refractivity contribution is 6.30. The van der Waals surface area contributed by atoms with E-state index in [4.69, 9.17) is 26.8 Å². The Hall–Kier alpha value is -2.44. The zero-order valence-electron chi connectivity index (χ0n) is 22.7. The zero-order valence-corrected chi connectivity index (χ0v) is 23.4. The molecule has 0 aromatic carbocycles. The molecule has 0 radical (unpaired) electrons. The van der Waals surface area contributed by atoms with Crippen molar-refractivity contribution in [1.29, 1.82) is 0 Å². The van der Waals surface area contributed by atoms with E-state index in [9.17, 15) is 17.6 Å². The van der Waals surface area contributed by atoms with Gasteiger partial charge >= 0.3 is 12.2 Å². The van der Waals surface area contributed by atoms with Crippen molar-refractivity contribution < 1.29 is 27.0 Å². The lowest BCUT2D eigenvalue weighted by molar-refractivity contribution is -0.140. The van der Waals surface area contributed by atoms with Crippen molar-refractivity contribution in [2.24, 2.45) is 5.92 Å². The Bertz CT molecular complexity index is 1210. The Kier molecular flexibility index (Phi) is 8.58. The van der Waals surface area contributed by atoms with E-state index >= 15 is 0 Å². The quantitative estimate of drug-likeness (QED) is 0.379. The molecule has 6 rings (SSSR count). The van der Waals surface area contributed by atoms with Gasteiger partial charge in [0, 0.05) is 43.2 Å². The number of nitrogen functional groups attached to an aromatic ring is 1. The van der Waals surface area contributed by atoms with Crippen LogP contribution in [-0.4, -0.2) is 65.4 Å². The molecule has 4 atom stereocenters. The van der Waals surface area contributed by atoms with Crippen LogP contribution < -0.4 is 15.4 Å². The predicted molar refractivity (Wildman–Crippen MR) is 143 cm³/mol. The van der Waals surface area contributed by atoms with Crippen molar-refractivity contribution >= 4 is 23.2 Å². The average molecular weight is 587 g/mol. The van der Waals surface area contributed by atoms with Crippen molar-refractivity contribution in [3.8, 4) is 6.01 Å². The van der Waals surface area contributed by atoms with Crippen LogP contribution in [0.15, 0.2) is 6.07 Å². The van der Waals surface area contributed by atoms with Crippen molar-refractivity contribution in [1.82, 2.24) is 19.9 Å². The number of anilines is 2. The fourth-order valence-electron chi connectivity index (χ4n) is 6.28. The standard InChI is InChI=1S/C20H23ClF3N5O2.C7H12FN/c1-10-4-3-5-29(8-10)18-12-9-31-14(7-13(12)26-19(28-18)30-2)11-6-15(25)27-17(21)16(11)20(22,23)24;8-6-4-7-2-1-3-9(7)5-6/h6,10,14H,3-5,7-9H2,1-2H3,(H2,25,27);6-7H,1-5H2. The van der Waals surface area contributed by atoms with Gasteiger partial charge in [-0.1, -0.05) is 18.5 Å². The van der Waals surface area contributed by atoms with Gasteiger partial charge < -0.3 is 20.1 Å². The van der Waals surface area contributed by atoms with Crippen LogP contribution in [-0.2, 0) is 23.9 Å². The lowest BCUT2D eigenvalue weighted by Gasteiger charge is -2.35. The third-order valence-corrected chi connectivity index (χ3v) is 8.39. The molecule has 3 saturated heterocycles. The second kappa shape index (κ2) is 11.8. The summed E-state index contributed by atoms with van der Waals surface area (Å²) >= 11 is 5.81. The molecule has 2 aromatic heterocycles. The molecule has 8 nitrogen and oxygen atoms in total. The van der Waals surface area contributed by atoms with E-state index in [1.807, 2.05) is 0 Å². The Morgan fingerprint density at radius 1 is 1.12 bits per heavy atom. The lowest BCUT2D eigenvalue weighted by atomic mass is 9.95. The zero-order chi connectivity index (χ0) is 28.6. The van der Waals surface area contributed by atoms with Gasteiger partial charge in [0.15, 0.2) is 0 Å². The van der Waals surface area contributed by atoms with Crippen molar-refractivity contribution in [3.63, 3.8) is 0 Å². The van der Waals surface area contributed by atoms with Gasteiger partial charge in [-0.15, -0.1) is 0 Å². The maximum atomic E-state index is 13.7. The van der Waals surface area contributed by atoms with Gasteiger partial charge in [-0.2, -0.15) is 23.1 Å². The summed E-state index contributed by atoms with van der Waals surface area (Å²) < 4.78 is 64.8. The number of aromatic nitrogens is 3. The van der Waals surface area contributed by atoms with Gasteiger partial charge in [-0.05, 0) is 50.6 Å². The Labute approximate surface area is 236 Å². The van der Waals surface area contributed by atoms with Crippen LogP contribution in [0.3, 0.4) is 0 Å². The summed E-state index contributed by atoms with van der Waals surface area (Å²) in [6, 6.07) is 1.95. The van der Waals surface area contributed by atoms with Gasteiger partial charge in [0.25, 0.3) is 0 Å². The number of pyridine rings is 1. The van der Waals surface area contributed by atoms with Crippen molar-refractivity contribution in [2.45, 2.75) is 76.5 Å². The molecule has 2 N–H and O–H groups in total. The minimum atomic E-state index is -4.70. The number of methoxy groups -OCH3 is 1. The molecule has 4 aliphatic rings. The van der Waals surface area contributed by atoms with Gasteiger partial charge in [0.2, 0.25) is 0 Å². The molecule has 3 fully saturated rings. The van der Waals surface area contributed by atoms with Gasteiger partial charge in [-0.25, -0.2) is 9.37 Å². The monoisotopic (exact) mass is 586 g/mol. The third kappa shape index (κ3) is 6.23. The summed E-state index contributed by atoms with van der Waals surface area (Å²) in [5.41, 5.74) is 5.86. The highest BCUT2D eigenvalue weighted by atomic mass is 35.5. The van der Waals surface area contributed by atoms with E-state index in [0.717, 1.165) is 56.3 Å². The summed E-state index contributed by atoms with van der Waals surface area (Å²) in [6.07, 6.45) is -0.533. The smallest absolute Gasteiger partial charge is 0.419 e. The van der Waals surface area contributed by atoms with Gasteiger partial charge in [-0.3, -0.25) is 4.90 Å². The van der Waals surface area contributed by atoms with E-state index in [2.05, 4.69) is 31.7 Å². The van der Waals surface area contributed by atoms with Gasteiger partial charge in [0.1, 0.15) is 23.0 Å². The second-order valence-corrected chi connectivity index (χ2v) is 11.4. The second-order valence-electron chi connectivity index (χ2n) is 11.1. The number of hydrogen-bond acceptors (Lipinski definition) is 8. The highest BCUT2D eigenvalue weighted by Gasteiger charge is 2.41. The van der Waals surface area contributed by atoms with E-state index < -0.39 is 29.2 Å². The maximum Gasteiger partial charge on any atom is 0.419 e. The Balaban J connectivity index is 0.000000301. The number of ether oxygens (including phenoxy) is 2. The Morgan fingerprint density at radius 3 is 2.60 bits per heavy atom. The van der Waals surface area contributed by atoms with Crippen LogP contribution in [0, 0.1) is 5.92 Å². The normalized spacial score (nSPS) is 26.6. The molecule has 13 heteroatoms. The van der Waals surface area contributed by atoms with E-state index in [-0.39, 0.29) is 30.4 Å². The van der Waals surface area contributed by atoms with Crippen molar-refractivity contribution in [3.05, 3.63) is 33.6 Å². The number of fused-ring (bicyclic) bond motifs is 2. The fraction of sp³-hybridized carbons (Fsp3) is 0.667. The van der Waals surface area contributed by atoms with Crippen LogP contribution in [0.4, 0.5) is 29.2 Å². The van der Waals surface area contributed by atoms with E-state index in [0.29, 0.717) is 24.2 Å². The summed E-state index contributed by atoms with van der Waals surface area (Å²) in [5, 5.41) is -0.694. The number of nitrogens with zero attached hydrogens (tertiary/aromatic N) is 5. The number of piperidine rings is 1. The fourth-order valence-corrected chi connectivity index (χ4v) is 6.59. The van der Waals surface area contributed by atoms with Crippen LogP contribution in [0.5, 0.6) is 6.01 Å². The first-order chi connectivity index (χ1) is 19.0. The number of rotatable bonds is 3. The number of nitrogens with two attached hydrogens (primary N) is 1. The minimum Gasteiger partial charge on any atom is -0.467 e. The highest BCUT2D eigenvalue weighted by Crippen LogP contribution is 2.43. The number of hydrogen-bond donors (Lipinski definition) is 1. The molecule has 0 spiro atoms. The molecule has 2 aromatic rings. The van der Waals surface area contributed by atoms with Crippen LogP contribution in [0.2, 0.25) is 5.15 Å². The molecule has 0 aliphatic carbocycles. The Morgan fingerprint density at radius 2 is 1.90 bits per heavy atom.